The first kappa shape index (κ1) is 10.6. The third-order valence-corrected chi connectivity index (χ3v) is 3.87. The molecule has 1 nitrogen and oxygen atoms in total. The minimum absolute atomic E-state index is 0.962. The molecular formula is C18H14O. The Morgan fingerprint density at radius 1 is 0.789 bits per heavy atom. The van der Waals surface area contributed by atoms with Crippen molar-refractivity contribution in [2.75, 3.05) is 0 Å². The molecule has 1 aliphatic heterocycles. The first-order chi connectivity index (χ1) is 9.24. The van der Waals surface area contributed by atoms with E-state index in [1.54, 1.807) is 0 Å². The van der Waals surface area contributed by atoms with E-state index in [2.05, 4.69) is 62.4 Å². The number of hydrogen-bond donors (Lipinski definition) is 0. The van der Waals surface area contributed by atoms with Gasteiger partial charge in [-0.2, -0.15) is 0 Å². The molecule has 0 saturated carbocycles. The van der Waals surface area contributed by atoms with Gasteiger partial charge in [-0.1, -0.05) is 36.4 Å². The second-order valence-corrected chi connectivity index (χ2v) is 5.21. The molecule has 0 spiro atoms. The van der Waals surface area contributed by atoms with Gasteiger partial charge in [0, 0.05) is 10.9 Å². The Balaban J connectivity index is 2.17. The fraction of sp³-hybridized carbons (Fsp3) is 0.111. The molecule has 19 heavy (non-hydrogen) atoms. The number of benzene rings is 3. The van der Waals surface area contributed by atoms with Crippen molar-refractivity contribution in [3.05, 3.63) is 59.7 Å². The summed E-state index contributed by atoms with van der Waals surface area (Å²) in [7, 11) is 0. The van der Waals surface area contributed by atoms with Gasteiger partial charge >= 0.3 is 0 Å². The van der Waals surface area contributed by atoms with Gasteiger partial charge < -0.3 is 4.74 Å². The summed E-state index contributed by atoms with van der Waals surface area (Å²) in [5.74, 6) is 1.93. The predicted molar refractivity (Wildman–Crippen MR) is 78.9 cm³/mol. The zero-order valence-corrected chi connectivity index (χ0v) is 11.0. The van der Waals surface area contributed by atoms with Crippen molar-refractivity contribution in [3.63, 3.8) is 0 Å². The summed E-state index contributed by atoms with van der Waals surface area (Å²) in [5, 5.41) is 2.51. The van der Waals surface area contributed by atoms with E-state index in [1.807, 2.05) is 0 Å². The number of aryl methyl sites for hydroxylation is 2. The molecule has 3 aromatic rings. The molecule has 0 saturated heterocycles. The van der Waals surface area contributed by atoms with Crippen LogP contribution in [0.15, 0.2) is 48.5 Å². The molecular weight excluding hydrogens is 232 g/mol. The third-order valence-electron chi connectivity index (χ3n) is 3.87. The van der Waals surface area contributed by atoms with Crippen molar-refractivity contribution in [2.45, 2.75) is 13.8 Å². The van der Waals surface area contributed by atoms with E-state index in [9.17, 15) is 0 Å². The van der Waals surface area contributed by atoms with E-state index >= 15 is 0 Å². The molecule has 3 aromatic carbocycles. The predicted octanol–water partition coefficient (Wildman–Crippen LogP) is 5.23. The molecule has 1 heteroatoms. The maximum atomic E-state index is 6.09. The molecule has 0 fully saturated rings. The van der Waals surface area contributed by atoms with Gasteiger partial charge in [0.25, 0.3) is 0 Å². The van der Waals surface area contributed by atoms with Crippen molar-refractivity contribution in [1.82, 2.24) is 0 Å². The SMILES string of the molecule is Cc1ccc2c(c1)Oc1cccc3c(C)ccc-2c13. The van der Waals surface area contributed by atoms with Crippen molar-refractivity contribution in [1.29, 1.82) is 0 Å². The highest BCUT2D eigenvalue weighted by Crippen LogP contribution is 2.47. The van der Waals surface area contributed by atoms with Crippen LogP contribution in [0.5, 0.6) is 11.5 Å². The van der Waals surface area contributed by atoms with Crippen LogP contribution >= 0.6 is 0 Å². The van der Waals surface area contributed by atoms with Crippen LogP contribution in [0, 0.1) is 13.8 Å². The summed E-state index contributed by atoms with van der Waals surface area (Å²) in [5.41, 5.74) is 4.98. The quantitative estimate of drug-likeness (QED) is 0.413. The van der Waals surface area contributed by atoms with Gasteiger partial charge in [-0.3, -0.25) is 0 Å². The molecule has 0 unspecified atom stereocenters. The molecule has 0 radical (unpaired) electrons. The Morgan fingerprint density at radius 2 is 1.63 bits per heavy atom. The Labute approximate surface area is 112 Å². The van der Waals surface area contributed by atoms with Crippen LogP contribution in [0.4, 0.5) is 0 Å². The molecule has 0 amide bonds. The Morgan fingerprint density at radius 3 is 2.53 bits per heavy atom. The molecule has 1 aliphatic rings. The zero-order chi connectivity index (χ0) is 13.0. The van der Waals surface area contributed by atoms with E-state index < -0.39 is 0 Å². The van der Waals surface area contributed by atoms with Gasteiger partial charge in [0.15, 0.2) is 0 Å². The van der Waals surface area contributed by atoms with Crippen LogP contribution in [0.1, 0.15) is 11.1 Å². The summed E-state index contributed by atoms with van der Waals surface area (Å²) in [4.78, 5) is 0. The van der Waals surface area contributed by atoms with Gasteiger partial charge in [0.1, 0.15) is 11.5 Å². The highest BCUT2D eigenvalue weighted by molar-refractivity contribution is 6.05. The van der Waals surface area contributed by atoms with Gasteiger partial charge in [-0.05, 0) is 48.1 Å². The summed E-state index contributed by atoms with van der Waals surface area (Å²) < 4.78 is 6.09. The summed E-state index contributed by atoms with van der Waals surface area (Å²) in [6.07, 6.45) is 0. The summed E-state index contributed by atoms with van der Waals surface area (Å²) in [6, 6.07) is 17.1. The second-order valence-electron chi connectivity index (χ2n) is 5.21. The largest absolute Gasteiger partial charge is 0.456 e. The van der Waals surface area contributed by atoms with Crippen molar-refractivity contribution in [2.24, 2.45) is 0 Å². The van der Waals surface area contributed by atoms with Gasteiger partial charge in [-0.15, -0.1) is 0 Å². The second kappa shape index (κ2) is 3.61. The number of rotatable bonds is 0. The van der Waals surface area contributed by atoms with Crippen molar-refractivity contribution >= 4 is 10.8 Å². The van der Waals surface area contributed by atoms with E-state index in [0.29, 0.717) is 0 Å². The molecule has 0 N–H and O–H groups in total. The molecule has 0 atom stereocenters. The minimum Gasteiger partial charge on any atom is -0.456 e. The maximum Gasteiger partial charge on any atom is 0.135 e. The lowest BCUT2D eigenvalue weighted by molar-refractivity contribution is 0.486. The minimum atomic E-state index is 0.962. The molecule has 0 bridgehead atoms. The Kier molecular flexibility index (Phi) is 2.02. The van der Waals surface area contributed by atoms with E-state index in [1.165, 1.54) is 33.0 Å². The van der Waals surface area contributed by atoms with E-state index in [-0.39, 0.29) is 0 Å². The monoisotopic (exact) mass is 246 g/mol. The zero-order valence-electron chi connectivity index (χ0n) is 11.0. The smallest absolute Gasteiger partial charge is 0.135 e. The standard InChI is InChI=1S/C18H14O/c1-11-6-8-14-15-9-7-12(2)13-4-3-5-16(18(13)15)19-17(14)10-11/h3-10H,1-2H3. The van der Waals surface area contributed by atoms with Gasteiger partial charge in [-0.25, -0.2) is 0 Å². The normalized spacial score (nSPS) is 12.1. The van der Waals surface area contributed by atoms with Crippen LogP contribution in [0.25, 0.3) is 21.9 Å². The highest BCUT2D eigenvalue weighted by Gasteiger charge is 2.20. The highest BCUT2D eigenvalue weighted by atomic mass is 16.5. The Bertz CT molecular complexity index is 815. The molecule has 0 aromatic heterocycles. The lowest BCUT2D eigenvalue weighted by atomic mass is 9.92. The summed E-state index contributed by atoms with van der Waals surface area (Å²) >= 11 is 0. The number of ether oxygens (including phenoxy) is 1. The van der Waals surface area contributed by atoms with Gasteiger partial charge in [0.2, 0.25) is 0 Å². The first-order valence-corrected chi connectivity index (χ1v) is 6.55. The maximum absolute atomic E-state index is 6.09. The number of fused-ring (bicyclic) bond motifs is 2. The average molecular weight is 246 g/mol. The van der Waals surface area contributed by atoms with E-state index in [0.717, 1.165) is 11.5 Å². The third kappa shape index (κ3) is 1.42. The van der Waals surface area contributed by atoms with Crippen molar-refractivity contribution in [3.8, 4) is 22.6 Å². The lowest BCUT2D eigenvalue weighted by Gasteiger charge is -2.22. The van der Waals surface area contributed by atoms with E-state index in [4.69, 9.17) is 4.74 Å². The molecule has 4 rings (SSSR count). The van der Waals surface area contributed by atoms with Crippen LogP contribution in [-0.2, 0) is 0 Å². The fourth-order valence-electron chi connectivity index (χ4n) is 2.88. The van der Waals surface area contributed by atoms with Crippen LogP contribution in [0.3, 0.4) is 0 Å². The number of hydrogen-bond acceptors (Lipinski definition) is 1. The molecule has 0 aliphatic carbocycles. The topological polar surface area (TPSA) is 9.23 Å². The van der Waals surface area contributed by atoms with Crippen LogP contribution < -0.4 is 4.74 Å². The van der Waals surface area contributed by atoms with Crippen molar-refractivity contribution < 1.29 is 4.74 Å². The van der Waals surface area contributed by atoms with Gasteiger partial charge in [0.05, 0.1) is 0 Å². The van der Waals surface area contributed by atoms with Crippen LogP contribution in [0.2, 0.25) is 0 Å². The average Bonchev–Trinajstić information content (AvgIpc) is 2.41. The summed E-state index contributed by atoms with van der Waals surface area (Å²) in [6.45, 7) is 4.24. The molecule has 92 valence electrons. The lowest BCUT2D eigenvalue weighted by Crippen LogP contribution is -1.98. The molecule has 1 heterocycles. The fourth-order valence-corrected chi connectivity index (χ4v) is 2.88. The first-order valence-electron chi connectivity index (χ1n) is 6.55. The Hall–Kier alpha value is -2.28. The van der Waals surface area contributed by atoms with Crippen LogP contribution in [-0.4, -0.2) is 0 Å².